The van der Waals surface area contributed by atoms with Gasteiger partial charge in [0.25, 0.3) is 0 Å². The van der Waals surface area contributed by atoms with Crippen LogP contribution in [0.2, 0.25) is 0 Å². The lowest BCUT2D eigenvalue weighted by atomic mass is 10.0. The molecule has 3 aromatic rings. The number of benzene rings is 2. The second-order valence-corrected chi connectivity index (χ2v) is 8.12. The Balaban J connectivity index is 1.70. The molecular weight excluding hydrogens is 441 g/mol. The summed E-state index contributed by atoms with van der Waals surface area (Å²) in [6.45, 7) is 4.39. The van der Waals surface area contributed by atoms with Crippen LogP contribution in [0.3, 0.4) is 0 Å². The van der Waals surface area contributed by atoms with Gasteiger partial charge in [-0.1, -0.05) is 18.9 Å². The van der Waals surface area contributed by atoms with Gasteiger partial charge in [-0.15, -0.1) is 0 Å². The zero-order valence-corrected chi connectivity index (χ0v) is 18.1. The molecule has 0 aliphatic carbocycles. The van der Waals surface area contributed by atoms with Gasteiger partial charge in [0.15, 0.2) is 23.2 Å². The monoisotopic (exact) mass is 462 g/mol. The molecule has 0 amide bonds. The summed E-state index contributed by atoms with van der Waals surface area (Å²) < 4.78 is 51.5. The van der Waals surface area contributed by atoms with Crippen LogP contribution in [0.25, 0.3) is 11.0 Å². The van der Waals surface area contributed by atoms with Crippen molar-refractivity contribution in [2.45, 2.75) is 13.3 Å². The molecule has 0 atom stereocenters. The number of nitrogens with zero attached hydrogens (tertiary/aromatic N) is 3. The highest BCUT2D eigenvalue weighted by Crippen LogP contribution is 2.29. The highest BCUT2D eigenvalue weighted by Gasteiger charge is 2.26. The van der Waals surface area contributed by atoms with Crippen molar-refractivity contribution >= 4 is 40.3 Å². The van der Waals surface area contributed by atoms with Crippen molar-refractivity contribution in [1.82, 2.24) is 9.97 Å². The highest BCUT2D eigenvalue weighted by molar-refractivity contribution is 8.00. The molecule has 2 aromatic carbocycles. The van der Waals surface area contributed by atoms with Crippen LogP contribution in [0.5, 0.6) is 0 Å². The smallest absolute Gasteiger partial charge is 0.199 e. The molecule has 32 heavy (non-hydrogen) atoms. The zero-order valence-electron chi connectivity index (χ0n) is 17.3. The van der Waals surface area contributed by atoms with Gasteiger partial charge in [-0.3, -0.25) is 9.78 Å². The second-order valence-electron chi connectivity index (χ2n) is 7.22. The van der Waals surface area contributed by atoms with Crippen LogP contribution in [0, 0.1) is 17.5 Å². The van der Waals surface area contributed by atoms with E-state index in [0.717, 1.165) is 18.4 Å². The number of morpholine rings is 1. The number of nitrogens with one attached hydrogen (secondary N) is 1. The van der Waals surface area contributed by atoms with Crippen molar-refractivity contribution in [2.75, 3.05) is 41.7 Å². The first kappa shape index (κ1) is 22.3. The number of halogens is 3. The molecule has 1 N–H and O–H groups in total. The van der Waals surface area contributed by atoms with Gasteiger partial charge in [0.05, 0.1) is 41.7 Å². The maximum Gasteiger partial charge on any atom is 0.199 e. The lowest BCUT2D eigenvalue weighted by Gasteiger charge is -2.27. The summed E-state index contributed by atoms with van der Waals surface area (Å²) in [5.41, 5.74) is -0.311. The van der Waals surface area contributed by atoms with Crippen molar-refractivity contribution in [3.63, 3.8) is 0 Å². The summed E-state index contributed by atoms with van der Waals surface area (Å²) in [5.74, 6) is -3.67. The first-order chi connectivity index (χ1) is 15.5. The van der Waals surface area contributed by atoms with Crippen molar-refractivity contribution in [3.05, 3.63) is 59.0 Å². The Hall–Kier alpha value is -2.85. The van der Waals surface area contributed by atoms with Crippen LogP contribution in [-0.2, 0) is 4.74 Å². The third-order valence-electron chi connectivity index (χ3n) is 5.00. The highest BCUT2D eigenvalue weighted by atomic mass is 32.2. The third kappa shape index (κ3) is 4.51. The second kappa shape index (κ2) is 9.74. The van der Waals surface area contributed by atoms with Gasteiger partial charge in [-0.05, 0) is 24.6 Å². The van der Waals surface area contributed by atoms with Gasteiger partial charge in [0, 0.05) is 30.5 Å². The molecule has 0 unspecified atom stereocenters. The van der Waals surface area contributed by atoms with Gasteiger partial charge in [0.1, 0.15) is 5.82 Å². The lowest BCUT2D eigenvalue weighted by Crippen LogP contribution is -2.36. The summed E-state index contributed by atoms with van der Waals surface area (Å²) in [6, 6.07) is 5.07. The van der Waals surface area contributed by atoms with Crippen molar-refractivity contribution < 1.29 is 22.7 Å². The molecule has 2 heterocycles. The van der Waals surface area contributed by atoms with Crippen LogP contribution in [0.4, 0.5) is 24.7 Å². The van der Waals surface area contributed by atoms with E-state index in [4.69, 9.17) is 4.74 Å². The topological polar surface area (TPSA) is 67.4 Å². The summed E-state index contributed by atoms with van der Waals surface area (Å²) in [6.07, 6.45) is 2.44. The number of ketones is 1. The average molecular weight is 462 g/mol. The molecule has 1 aliphatic rings. The minimum absolute atomic E-state index is 0.0125. The Bertz CT molecular complexity index is 1160. The van der Waals surface area contributed by atoms with Gasteiger partial charge in [0.2, 0.25) is 0 Å². The molecule has 6 nitrogen and oxygen atoms in total. The number of carbonyl (C=O) groups is 1. The predicted octanol–water partition coefficient (Wildman–Crippen LogP) is 4.58. The summed E-state index contributed by atoms with van der Waals surface area (Å²) in [4.78, 5) is 23.9. The standard InChI is InChI=1S/C22H21F3N4O2S/c1-2-9-32-28-17-11-14(23)20(24)19(21(17)25)22(30)13-3-4-15-16(10-13)27-18(12-26-15)29-5-7-31-8-6-29/h3-4,10-12,28H,2,5-9H2,1H3. The summed E-state index contributed by atoms with van der Waals surface area (Å²) in [7, 11) is 0. The number of anilines is 2. The van der Waals surface area contributed by atoms with E-state index in [-0.39, 0.29) is 11.3 Å². The fourth-order valence-electron chi connectivity index (χ4n) is 3.34. The molecule has 1 fully saturated rings. The number of carbonyl (C=O) groups excluding carboxylic acids is 1. The minimum Gasteiger partial charge on any atom is -0.378 e. The van der Waals surface area contributed by atoms with Crippen LogP contribution < -0.4 is 9.62 Å². The normalized spacial score (nSPS) is 14.1. The van der Waals surface area contributed by atoms with E-state index >= 15 is 0 Å². The van der Waals surface area contributed by atoms with E-state index in [0.29, 0.717) is 55.0 Å². The van der Waals surface area contributed by atoms with Crippen LogP contribution in [-0.4, -0.2) is 47.8 Å². The Morgan fingerprint density at radius 1 is 1.16 bits per heavy atom. The van der Waals surface area contributed by atoms with E-state index in [1.54, 1.807) is 12.3 Å². The number of aromatic nitrogens is 2. The quantitative estimate of drug-likeness (QED) is 0.239. The molecule has 1 aliphatic heterocycles. The number of hydrogen-bond donors (Lipinski definition) is 1. The maximum absolute atomic E-state index is 14.9. The van der Waals surface area contributed by atoms with E-state index in [2.05, 4.69) is 14.7 Å². The van der Waals surface area contributed by atoms with Crippen LogP contribution in [0.15, 0.2) is 30.5 Å². The molecule has 10 heteroatoms. The third-order valence-corrected chi connectivity index (χ3v) is 5.97. The Labute approximate surface area is 187 Å². The van der Waals surface area contributed by atoms with E-state index < -0.39 is 28.8 Å². The van der Waals surface area contributed by atoms with E-state index in [1.165, 1.54) is 12.1 Å². The minimum atomic E-state index is -1.52. The van der Waals surface area contributed by atoms with Crippen molar-refractivity contribution in [3.8, 4) is 0 Å². The molecule has 0 spiro atoms. The molecule has 0 radical (unpaired) electrons. The van der Waals surface area contributed by atoms with Gasteiger partial charge in [-0.2, -0.15) is 0 Å². The average Bonchev–Trinajstić information content (AvgIpc) is 2.82. The van der Waals surface area contributed by atoms with Gasteiger partial charge in [-0.25, -0.2) is 18.2 Å². The Kier molecular flexibility index (Phi) is 6.80. The fraction of sp³-hybridized carbons (Fsp3) is 0.318. The number of ether oxygens (including phenoxy) is 1. The lowest BCUT2D eigenvalue weighted by molar-refractivity contribution is 0.103. The molecule has 168 valence electrons. The molecule has 0 bridgehead atoms. The maximum atomic E-state index is 14.9. The van der Waals surface area contributed by atoms with Crippen LogP contribution >= 0.6 is 11.9 Å². The van der Waals surface area contributed by atoms with Crippen molar-refractivity contribution in [1.29, 1.82) is 0 Å². The SMILES string of the molecule is CCCSNc1cc(F)c(F)c(C(=O)c2ccc3ncc(N4CCOCC4)nc3c2)c1F. The number of rotatable bonds is 7. The van der Waals surface area contributed by atoms with Crippen molar-refractivity contribution in [2.24, 2.45) is 0 Å². The molecule has 1 aromatic heterocycles. The van der Waals surface area contributed by atoms with Gasteiger partial charge < -0.3 is 14.4 Å². The summed E-state index contributed by atoms with van der Waals surface area (Å²) >= 11 is 1.15. The Morgan fingerprint density at radius 2 is 1.94 bits per heavy atom. The molecule has 4 rings (SSSR count). The van der Waals surface area contributed by atoms with E-state index in [1.807, 2.05) is 11.8 Å². The number of fused-ring (bicyclic) bond motifs is 1. The number of hydrogen-bond acceptors (Lipinski definition) is 7. The van der Waals surface area contributed by atoms with E-state index in [9.17, 15) is 18.0 Å². The van der Waals surface area contributed by atoms with Crippen LogP contribution in [0.1, 0.15) is 29.3 Å². The largest absolute Gasteiger partial charge is 0.378 e. The fourth-order valence-corrected chi connectivity index (χ4v) is 3.95. The molecule has 1 saturated heterocycles. The molecule has 0 saturated carbocycles. The first-order valence-electron chi connectivity index (χ1n) is 10.2. The zero-order chi connectivity index (χ0) is 22.7. The summed E-state index contributed by atoms with van der Waals surface area (Å²) in [5, 5.41) is 0. The van der Waals surface area contributed by atoms with Gasteiger partial charge >= 0.3 is 0 Å². The Morgan fingerprint density at radius 3 is 2.69 bits per heavy atom. The predicted molar refractivity (Wildman–Crippen MR) is 119 cm³/mol. The molecular formula is C22H21F3N4O2S. The first-order valence-corrected chi connectivity index (χ1v) is 11.2.